The Morgan fingerprint density at radius 3 is 2.86 bits per heavy atom. The van der Waals surface area contributed by atoms with Gasteiger partial charge in [0, 0.05) is 22.0 Å². The Labute approximate surface area is 142 Å². The lowest BCUT2D eigenvalue weighted by Crippen LogP contribution is -2.04. The third kappa shape index (κ3) is 2.22. The molecule has 2 aromatic heterocycles. The number of halogens is 2. The van der Waals surface area contributed by atoms with Gasteiger partial charge >= 0.3 is 0 Å². The van der Waals surface area contributed by atoms with Crippen molar-refractivity contribution in [2.75, 3.05) is 11.9 Å². The molecule has 0 bridgehead atoms. The van der Waals surface area contributed by atoms with E-state index in [0.29, 0.717) is 10.0 Å². The lowest BCUT2D eigenvalue weighted by molar-refractivity contribution is 0.884. The summed E-state index contributed by atoms with van der Waals surface area (Å²) in [5, 5.41) is 9.51. The van der Waals surface area contributed by atoms with Crippen LogP contribution >= 0.6 is 34.5 Å². The molecule has 1 aliphatic rings. The van der Waals surface area contributed by atoms with Crippen LogP contribution in [0, 0.1) is 6.92 Å². The van der Waals surface area contributed by atoms with Crippen molar-refractivity contribution in [1.29, 1.82) is 0 Å². The zero-order chi connectivity index (χ0) is 15.3. The average Bonchev–Trinajstić information content (AvgIpc) is 3.17. The molecular weight excluding hydrogens is 337 g/mol. The molecule has 0 fully saturated rings. The predicted molar refractivity (Wildman–Crippen MR) is 93.8 cm³/mol. The zero-order valence-electron chi connectivity index (χ0n) is 11.9. The molecule has 0 saturated carbocycles. The fourth-order valence-electron chi connectivity index (χ4n) is 2.76. The summed E-state index contributed by atoms with van der Waals surface area (Å²) < 4.78 is 1.88. The lowest BCUT2D eigenvalue weighted by atomic mass is 10.2. The molecule has 0 unspecified atom stereocenters. The fraction of sp³-hybridized carbons (Fsp3) is 0.188. The molecule has 1 aromatic carbocycles. The minimum absolute atomic E-state index is 0.636. The minimum Gasteiger partial charge on any atom is -0.369 e. The maximum atomic E-state index is 6.35. The van der Waals surface area contributed by atoms with Crippen LogP contribution in [-0.2, 0) is 6.42 Å². The first-order valence-electron chi connectivity index (χ1n) is 7.01. The summed E-state index contributed by atoms with van der Waals surface area (Å²) in [4.78, 5) is 2.47. The number of thiophene rings is 1. The number of anilines is 1. The topological polar surface area (TPSA) is 29.9 Å². The predicted octanol–water partition coefficient (Wildman–Crippen LogP) is 5.18. The summed E-state index contributed by atoms with van der Waals surface area (Å²) in [7, 11) is 0. The highest BCUT2D eigenvalue weighted by Crippen LogP contribution is 2.38. The summed E-state index contributed by atoms with van der Waals surface area (Å²) in [5.74, 6) is 1.02. The molecule has 6 heteroatoms. The Kier molecular flexibility index (Phi) is 3.40. The van der Waals surface area contributed by atoms with Gasteiger partial charge in [0.25, 0.3) is 0 Å². The number of hydrogen-bond acceptors (Lipinski definition) is 3. The number of nitrogens with one attached hydrogen (secondary N) is 1. The second-order valence-electron chi connectivity index (χ2n) is 5.27. The number of rotatable bonds is 2. The molecule has 0 saturated heterocycles. The molecule has 22 heavy (non-hydrogen) atoms. The Morgan fingerprint density at radius 1 is 1.23 bits per heavy atom. The van der Waals surface area contributed by atoms with Crippen molar-refractivity contribution in [2.24, 2.45) is 0 Å². The van der Waals surface area contributed by atoms with Gasteiger partial charge in [0.15, 0.2) is 0 Å². The van der Waals surface area contributed by atoms with Crippen molar-refractivity contribution in [2.45, 2.75) is 13.3 Å². The van der Waals surface area contributed by atoms with Crippen molar-refractivity contribution in [3.05, 3.63) is 50.8 Å². The van der Waals surface area contributed by atoms with Crippen molar-refractivity contribution in [1.82, 2.24) is 9.78 Å². The molecule has 0 atom stereocenters. The van der Waals surface area contributed by atoms with E-state index in [1.165, 1.54) is 15.3 Å². The number of nitrogens with zero attached hydrogens (tertiary/aromatic N) is 2. The first-order chi connectivity index (χ1) is 10.6. The van der Waals surface area contributed by atoms with Crippen molar-refractivity contribution < 1.29 is 0 Å². The van der Waals surface area contributed by atoms with Crippen LogP contribution in [0.5, 0.6) is 0 Å². The van der Waals surface area contributed by atoms with Crippen LogP contribution in [0.4, 0.5) is 5.82 Å². The van der Waals surface area contributed by atoms with E-state index < -0.39 is 0 Å². The maximum absolute atomic E-state index is 6.35. The van der Waals surface area contributed by atoms with Crippen LogP contribution in [0.1, 0.15) is 10.4 Å². The van der Waals surface area contributed by atoms with Gasteiger partial charge in [-0.2, -0.15) is 5.10 Å². The van der Waals surface area contributed by atoms with Crippen LogP contribution in [0.2, 0.25) is 10.0 Å². The molecule has 0 spiro atoms. The molecule has 3 heterocycles. The van der Waals surface area contributed by atoms with Gasteiger partial charge in [0.05, 0.1) is 15.6 Å². The molecule has 0 aliphatic carbocycles. The molecule has 4 rings (SSSR count). The van der Waals surface area contributed by atoms with Gasteiger partial charge in [-0.1, -0.05) is 23.2 Å². The van der Waals surface area contributed by atoms with Crippen LogP contribution < -0.4 is 5.32 Å². The smallest absolute Gasteiger partial charge is 0.133 e. The number of hydrogen-bond donors (Lipinski definition) is 1. The average molecular weight is 350 g/mol. The number of fused-ring (bicyclic) bond motifs is 1. The monoisotopic (exact) mass is 349 g/mol. The van der Waals surface area contributed by atoms with Gasteiger partial charge in [-0.3, -0.25) is 0 Å². The summed E-state index contributed by atoms with van der Waals surface area (Å²) in [6.07, 6.45) is 0.972. The molecule has 0 amide bonds. The second kappa shape index (κ2) is 5.30. The van der Waals surface area contributed by atoms with E-state index >= 15 is 0 Å². The van der Waals surface area contributed by atoms with Gasteiger partial charge in [0.1, 0.15) is 11.5 Å². The standard InChI is InChI=1S/C16H13Cl2N3S/c1-9-2-5-14(22-9)15-11-6-7-19-16(11)21(20-15)13-8-10(17)3-4-12(13)18/h2-5,8,19H,6-7H2,1H3. The SMILES string of the molecule is Cc1ccc(-c2nn(-c3cc(Cl)ccc3Cl)c3c2CCN3)s1. The van der Waals surface area contributed by atoms with Gasteiger partial charge in [-0.05, 0) is 43.7 Å². The van der Waals surface area contributed by atoms with E-state index in [2.05, 4.69) is 24.4 Å². The molecule has 1 N–H and O–H groups in total. The molecule has 3 nitrogen and oxygen atoms in total. The van der Waals surface area contributed by atoms with Crippen molar-refractivity contribution >= 4 is 40.4 Å². The van der Waals surface area contributed by atoms with E-state index in [1.807, 2.05) is 10.7 Å². The zero-order valence-corrected chi connectivity index (χ0v) is 14.2. The van der Waals surface area contributed by atoms with Crippen LogP contribution in [-0.4, -0.2) is 16.3 Å². The van der Waals surface area contributed by atoms with E-state index in [4.69, 9.17) is 28.3 Å². The highest BCUT2D eigenvalue weighted by molar-refractivity contribution is 7.15. The summed E-state index contributed by atoms with van der Waals surface area (Å²) >= 11 is 14.2. The number of aryl methyl sites for hydroxylation is 1. The summed E-state index contributed by atoms with van der Waals surface area (Å²) in [6.45, 7) is 3.03. The normalized spacial score (nSPS) is 13.2. The molecule has 3 aromatic rings. The minimum atomic E-state index is 0.636. The lowest BCUT2D eigenvalue weighted by Gasteiger charge is -2.08. The van der Waals surface area contributed by atoms with Crippen LogP contribution in [0.3, 0.4) is 0 Å². The molecule has 112 valence electrons. The Balaban J connectivity index is 1.93. The fourth-order valence-corrected chi connectivity index (χ4v) is 4.00. The highest BCUT2D eigenvalue weighted by Gasteiger charge is 2.25. The van der Waals surface area contributed by atoms with Crippen molar-refractivity contribution in [3.8, 4) is 16.3 Å². The van der Waals surface area contributed by atoms with E-state index in [9.17, 15) is 0 Å². The van der Waals surface area contributed by atoms with E-state index in [-0.39, 0.29) is 0 Å². The largest absolute Gasteiger partial charge is 0.369 e. The summed E-state index contributed by atoms with van der Waals surface area (Å²) in [6, 6.07) is 9.69. The van der Waals surface area contributed by atoms with Gasteiger partial charge < -0.3 is 5.32 Å². The van der Waals surface area contributed by atoms with E-state index in [1.54, 1.807) is 23.5 Å². The van der Waals surface area contributed by atoms with Crippen LogP contribution in [0.15, 0.2) is 30.3 Å². The Bertz CT molecular complexity index is 866. The molecular formula is C16H13Cl2N3S. The first kappa shape index (κ1) is 14.1. The van der Waals surface area contributed by atoms with E-state index in [0.717, 1.165) is 30.2 Å². The van der Waals surface area contributed by atoms with Crippen LogP contribution in [0.25, 0.3) is 16.3 Å². The van der Waals surface area contributed by atoms with Crippen molar-refractivity contribution in [3.63, 3.8) is 0 Å². The van der Waals surface area contributed by atoms with Gasteiger partial charge in [0.2, 0.25) is 0 Å². The maximum Gasteiger partial charge on any atom is 0.133 e. The second-order valence-corrected chi connectivity index (χ2v) is 7.40. The van der Waals surface area contributed by atoms with Gasteiger partial charge in [-0.25, -0.2) is 4.68 Å². The first-order valence-corrected chi connectivity index (χ1v) is 8.59. The molecule has 0 radical (unpaired) electrons. The quantitative estimate of drug-likeness (QED) is 0.690. The third-order valence-electron chi connectivity index (χ3n) is 3.76. The molecule has 1 aliphatic heterocycles. The Morgan fingerprint density at radius 2 is 2.09 bits per heavy atom. The number of aromatic nitrogens is 2. The Hall–Kier alpha value is -1.49. The number of benzene rings is 1. The highest BCUT2D eigenvalue weighted by atomic mass is 35.5. The summed E-state index contributed by atoms with van der Waals surface area (Å²) in [5.41, 5.74) is 3.09. The van der Waals surface area contributed by atoms with Gasteiger partial charge in [-0.15, -0.1) is 11.3 Å². The third-order valence-corrected chi connectivity index (χ3v) is 5.32.